The number of nitrogens with zero attached hydrogens (tertiary/aromatic N) is 1. The van der Waals surface area contributed by atoms with Crippen molar-refractivity contribution in [2.24, 2.45) is 11.3 Å². The van der Waals surface area contributed by atoms with Crippen LogP contribution in [-0.2, 0) is 10.0 Å². The largest absolute Gasteiger partial charge is 0.246 e. The summed E-state index contributed by atoms with van der Waals surface area (Å²) < 4.78 is 27.3. The van der Waals surface area contributed by atoms with Crippen molar-refractivity contribution in [1.82, 2.24) is 4.31 Å². The van der Waals surface area contributed by atoms with Crippen LogP contribution in [0.3, 0.4) is 0 Å². The average molecular weight is 350 g/mol. The van der Waals surface area contributed by atoms with Crippen LogP contribution in [0.4, 0.5) is 0 Å². The predicted octanol–water partition coefficient (Wildman–Crippen LogP) is 4.44. The summed E-state index contributed by atoms with van der Waals surface area (Å²) in [7, 11) is -3.66. The lowest BCUT2D eigenvalue weighted by Gasteiger charge is -2.23. The summed E-state index contributed by atoms with van der Waals surface area (Å²) in [5.41, 5.74) is 0.147. The van der Waals surface area contributed by atoms with Gasteiger partial charge in [0.1, 0.15) is 4.90 Å². The smallest absolute Gasteiger partial charge is 0.207 e. The standard InChI is InChI=1S/C15H21Cl2NO2S/c1-11-9-15(2,3)7-8-18(10-11)21(19,20)14-12(16)5-4-6-13(14)17/h4-6,11H,7-10H2,1-3H3. The predicted molar refractivity (Wildman–Crippen MR) is 87.4 cm³/mol. The highest BCUT2D eigenvalue weighted by Crippen LogP contribution is 2.37. The SMILES string of the molecule is CC1CN(S(=O)(=O)c2c(Cl)cccc2Cl)CCC(C)(C)C1. The summed E-state index contributed by atoms with van der Waals surface area (Å²) >= 11 is 12.2. The third kappa shape index (κ3) is 3.73. The summed E-state index contributed by atoms with van der Waals surface area (Å²) in [4.78, 5) is 0.0280. The minimum Gasteiger partial charge on any atom is -0.207 e. The first-order chi connectivity index (χ1) is 9.63. The molecule has 0 radical (unpaired) electrons. The molecule has 6 heteroatoms. The van der Waals surface area contributed by atoms with Crippen LogP contribution in [0.1, 0.15) is 33.6 Å². The van der Waals surface area contributed by atoms with E-state index in [9.17, 15) is 8.42 Å². The first-order valence-electron chi connectivity index (χ1n) is 7.08. The molecule has 1 aromatic rings. The summed E-state index contributed by atoms with van der Waals surface area (Å²) in [5.74, 6) is 0.304. The van der Waals surface area contributed by atoms with E-state index in [0.29, 0.717) is 19.0 Å². The van der Waals surface area contributed by atoms with Crippen LogP contribution >= 0.6 is 23.2 Å². The Kier molecular flexibility index (Phi) is 4.94. The van der Waals surface area contributed by atoms with Crippen LogP contribution in [0.2, 0.25) is 10.0 Å². The van der Waals surface area contributed by atoms with Crippen molar-refractivity contribution in [2.45, 2.75) is 38.5 Å². The number of halogens is 2. The van der Waals surface area contributed by atoms with Crippen molar-refractivity contribution >= 4 is 33.2 Å². The summed E-state index contributed by atoms with van der Waals surface area (Å²) in [6.45, 7) is 7.46. The fourth-order valence-electron chi connectivity index (χ4n) is 3.05. The summed E-state index contributed by atoms with van der Waals surface area (Å²) in [6.07, 6.45) is 1.84. The molecular formula is C15H21Cl2NO2S. The van der Waals surface area contributed by atoms with Gasteiger partial charge in [-0.25, -0.2) is 8.42 Å². The van der Waals surface area contributed by atoms with Gasteiger partial charge in [-0.1, -0.05) is 50.0 Å². The molecule has 0 amide bonds. The molecule has 1 unspecified atom stereocenters. The topological polar surface area (TPSA) is 37.4 Å². The number of hydrogen-bond donors (Lipinski definition) is 0. The monoisotopic (exact) mass is 349 g/mol. The van der Waals surface area contributed by atoms with Gasteiger partial charge in [0.25, 0.3) is 0 Å². The van der Waals surface area contributed by atoms with Gasteiger partial charge < -0.3 is 0 Å². The van der Waals surface area contributed by atoms with Crippen LogP contribution < -0.4 is 0 Å². The molecule has 3 nitrogen and oxygen atoms in total. The van der Waals surface area contributed by atoms with Gasteiger partial charge in [-0.05, 0) is 36.3 Å². The average Bonchev–Trinajstić information content (AvgIpc) is 2.46. The van der Waals surface area contributed by atoms with Gasteiger partial charge in [0.2, 0.25) is 10.0 Å². The van der Waals surface area contributed by atoms with Crippen LogP contribution in [0.25, 0.3) is 0 Å². The van der Waals surface area contributed by atoms with Crippen LogP contribution in [0.5, 0.6) is 0 Å². The number of sulfonamides is 1. The Balaban J connectivity index is 2.40. The van der Waals surface area contributed by atoms with Crippen LogP contribution in [0, 0.1) is 11.3 Å². The zero-order valence-corrected chi connectivity index (χ0v) is 14.9. The quantitative estimate of drug-likeness (QED) is 0.791. The molecule has 21 heavy (non-hydrogen) atoms. The zero-order valence-electron chi connectivity index (χ0n) is 12.6. The molecule has 0 aromatic heterocycles. The Hall–Kier alpha value is -0.290. The maximum absolute atomic E-state index is 12.9. The molecule has 0 N–H and O–H groups in total. The molecule has 2 rings (SSSR count). The van der Waals surface area contributed by atoms with Crippen molar-refractivity contribution in [1.29, 1.82) is 0 Å². The lowest BCUT2D eigenvalue weighted by molar-refractivity contribution is 0.287. The zero-order chi connectivity index (χ0) is 15.8. The van der Waals surface area contributed by atoms with E-state index in [4.69, 9.17) is 23.2 Å². The molecule has 1 aromatic carbocycles. The van der Waals surface area contributed by atoms with Gasteiger partial charge in [0, 0.05) is 13.1 Å². The molecule has 1 saturated heterocycles. The van der Waals surface area contributed by atoms with Gasteiger partial charge >= 0.3 is 0 Å². The second-order valence-corrected chi connectivity index (χ2v) is 9.33. The lowest BCUT2D eigenvalue weighted by Crippen LogP contribution is -2.34. The lowest BCUT2D eigenvalue weighted by atomic mass is 9.82. The number of benzene rings is 1. The molecule has 0 saturated carbocycles. The first kappa shape index (κ1) is 17.1. The molecule has 0 aliphatic carbocycles. The van der Waals surface area contributed by atoms with E-state index >= 15 is 0 Å². The van der Waals surface area contributed by atoms with Crippen molar-refractivity contribution in [3.8, 4) is 0 Å². The molecule has 1 fully saturated rings. The third-order valence-corrected chi connectivity index (χ3v) is 6.79. The van der Waals surface area contributed by atoms with Gasteiger partial charge in [-0.15, -0.1) is 0 Å². The molecule has 1 atom stereocenters. The fraction of sp³-hybridized carbons (Fsp3) is 0.600. The Bertz CT molecular complexity index is 608. The molecule has 118 valence electrons. The van der Waals surface area contributed by atoms with Gasteiger partial charge in [0.05, 0.1) is 10.0 Å². The van der Waals surface area contributed by atoms with Crippen molar-refractivity contribution < 1.29 is 8.42 Å². The van der Waals surface area contributed by atoms with Crippen molar-refractivity contribution in [3.63, 3.8) is 0 Å². The molecular weight excluding hydrogens is 329 g/mol. The Morgan fingerprint density at radius 3 is 2.38 bits per heavy atom. The maximum atomic E-state index is 12.9. The summed E-state index contributed by atoms with van der Waals surface area (Å²) in [6, 6.07) is 4.77. The molecule has 0 bridgehead atoms. The Morgan fingerprint density at radius 2 is 1.81 bits per heavy atom. The summed E-state index contributed by atoms with van der Waals surface area (Å²) in [5, 5.41) is 0.359. The van der Waals surface area contributed by atoms with Crippen molar-refractivity contribution in [2.75, 3.05) is 13.1 Å². The van der Waals surface area contributed by atoms with Crippen LogP contribution in [0.15, 0.2) is 23.1 Å². The van der Waals surface area contributed by atoms with E-state index in [1.807, 2.05) is 0 Å². The van der Waals surface area contributed by atoms with E-state index in [0.717, 1.165) is 12.8 Å². The Labute approximate surface area is 137 Å². The highest BCUT2D eigenvalue weighted by Gasteiger charge is 2.35. The second kappa shape index (κ2) is 6.07. The van der Waals surface area contributed by atoms with Gasteiger partial charge in [-0.2, -0.15) is 4.31 Å². The van der Waals surface area contributed by atoms with E-state index in [1.165, 1.54) is 4.31 Å². The Morgan fingerprint density at radius 1 is 1.24 bits per heavy atom. The van der Waals surface area contributed by atoms with Gasteiger partial charge in [-0.3, -0.25) is 0 Å². The van der Waals surface area contributed by atoms with E-state index < -0.39 is 10.0 Å². The number of hydrogen-bond acceptors (Lipinski definition) is 2. The minimum atomic E-state index is -3.66. The van der Waals surface area contributed by atoms with E-state index in [2.05, 4.69) is 20.8 Å². The highest BCUT2D eigenvalue weighted by molar-refractivity contribution is 7.89. The van der Waals surface area contributed by atoms with Crippen molar-refractivity contribution in [3.05, 3.63) is 28.2 Å². The van der Waals surface area contributed by atoms with Gasteiger partial charge in [0.15, 0.2) is 0 Å². The first-order valence-corrected chi connectivity index (χ1v) is 9.27. The van der Waals surface area contributed by atoms with E-state index in [1.54, 1.807) is 18.2 Å². The highest BCUT2D eigenvalue weighted by atomic mass is 35.5. The normalized spacial score (nSPS) is 23.8. The fourth-order valence-corrected chi connectivity index (χ4v) is 5.70. The molecule has 1 heterocycles. The molecule has 1 aliphatic rings. The maximum Gasteiger partial charge on any atom is 0.246 e. The molecule has 1 aliphatic heterocycles. The second-order valence-electron chi connectivity index (χ2n) is 6.64. The van der Waals surface area contributed by atoms with Crippen LogP contribution in [-0.4, -0.2) is 25.8 Å². The molecule has 0 spiro atoms. The van der Waals surface area contributed by atoms with E-state index in [-0.39, 0.29) is 20.4 Å². The third-order valence-electron chi connectivity index (χ3n) is 3.97. The minimum absolute atomic E-state index is 0.0280. The number of rotatable bonds is 2.